The minimum absolute atomic E-state index is 0. The van der Waals surface area contributed by atoms with Crippen LogP contribution in [0.15, 0.2) is 40.2 Å². The maximum Gasteiger partial charge on any atom is 0.222 e. The molecular weight excluding hydrogens is 447 g/mol. The summed E-state index contributed by atoms with van der Waals surface area (Å²) in [5, 5.41) is 9.76. The molecule has 1 aromatic rings. The van der Waals surface area contributed by atoms with E-state index in [9.17, 15) is 4.79 Å². The lowest BCUT2D eigenvalue weighted by Gasteiger charge is -2.14. The Labute approximate surface area is 173 Å². The number of nitrogens with one attached hydrogen (secondary N) is 3. The van der Waals surface area contributed by atoms with Crippen LogP contribution in [-0.2, 0) is 4.79 Å². The second kappa shape index (κ2) is 14.2. The smallest absolute Gasteiger partial charge is 0.222 e. The Kier molecular flexibility index (Phi) is 13.7. The van der Waals surface area contributed by atoms with Crippen LogP contribution in [0.25, 0.3) is 0 Å². The molecule has 0 aliphatic heterocycles. The second-order valence-electron chi connectivity index (χ2n) is 5.83. The van der Waals surface area contributed by atoms with Crippen molar-refractivity contribution in [1.29, 1.82) is 0 Å². The highest BCUT2D eigenvalue weighted by Gasteiger charge is 2.06. The molecule has 0 spiro atoms. The Balaban J connectivity index is 0.00000576. The van der Waals surface area contributed by atoms with E-state index in [2.05, 4.69) is 52.1 Å². The molecule has 1 unspecified atom stereocenters. The lowest BCUT2D eigenvalue weighted by Crippen LogP contribution is -2.42. The first kappa shape index (κ1) is 24.0. The summed E-state index contributed by atoms with van der Waals surface area (Å²) in [5.74, 6) is 0.881. The Bertz CT molecular complexity index is 511. The molecule has 0 saturated heterocycles. The number of carbonyl (C=O) groups excluding carboxylic acids is 1. The highest BCUT2D eigenvalue weighted by Crippen LogP contribution is 2.22. The molecule has 0 heterocycles. The fourth-order valence-corrected chi connectivity index (χ4v) is 2.83. The number of hydrogen-bond acceptors (Lipinski definition) is 3. The molecule has 0 aromatic heterocycles. The number of carbonyl (C=O) groups is 1. The summed E-state index contributed by atoms with van der Waals surface area (Å²) in [6.07, 6.45) is 0. The van der Waals surface area contributed by atoms with Crippen molar-refractivity contribution in [3.8, 4) is 0 Å². The van der Waals surface area contributed by atoms with E-state index in [1.165, 1.54) is 4.90 Å². The number of nitrogens with zero attached hydrogens (tertiary/aromatic N) is 1. The molecule has 0 aliphatic rings. The van der Waals surface area contributed by atoms with Crippen molar-refractivity contribution in [3.63, 3.8) is 0 Å². The number of hydrogen-bond donors (Lipinski definition) is 3. The van der Waals surface area contributed by atoms with Gasteiger partial charge in [-0.2, -0.15) is 0 Å². The summed E-state index contributed by atoms with van der Waals surface area (Å²) in [6, 6.07) is 10.4. The number of aliphatic imine (C=N–C) groups is 1. The summed E-state index contributed by atoms with van der Waals surface area (Å²) in [6.45, 7) is 10.8. The van der Waals surface area contributed by atoms with Gasteiger partial charge in [0.25, 0.3) is 0 Å². The second-order valence-corrected chi connectivity index (χ2v) is 7.35. The van der Waals surface area contributed by atoms with Gasteiger partial charge in [0.05, 0.1) is 6.54 Å². The van der Waals surface area contributed by atoms with Gasteiger partial charge in [-0.3, -0.25) is 9.79 Å². The van der Waals surface area contributed by atoms with Crippen molar-refractivity contribution in [2.24, 2.45) is 10.9 Å². The maximum atomic E-state index is 11.5. The Morgan fingerprint density at radius 2 is 1.72 bits per heavy atom. The number of thioether (sulfide) groups is 1. The van der Waals surface area contributed by atoms with Crippen molar-refractivity contribution in [1.82, 2.24) is 16.0 Å². The number of guanidine groups is 1. The number of benzene rings is 1. The van der Waals surface area contributed by atoms with Crippen molar-refractivity contribution >= 4 is 47.6 Å². The average Bonchev–Trinajstić information content (AvgIpc) is 2.57. The van der Waals surface area contributed by atoms with Crippen LogP contribution in [0.4, 0.5) is 0 Å². The number of amides is 1. The van der Waals surface area contributed by atoms with Crippen LogP contribution in [0.1, 0.15) is 27.7 Å². The molecule has 1 aromatic carbocycles. The predicted molar refractivity (Wildman–Crippen MR) is 119 cm³/mol. The van der Waals surface area contributed by atoms with E-state index >= 15 is 0 Å². The van der Waals surface area contributed by atoms with Crippen LogP contribution in [0, 0.1) is 5.92 Å². The zero-order valence-corrected chi connectivity index (χ0v) is 18.7. The highest BCUT2D eigenvalue weighted by molar-refractivity contribution is 14.0. The van der Waals surface area contributed by atoms with E-state index in [1.807, 2.05) is 38.6 Å². The fourth-order valence-electron chi connectivity index (χ4n) is 1.90. The fraction of sp³-hybridized carbons (Fsp3) is 0.556. The van der Waals surface area contributed by atoms with Crippen LogP contribution < -0.4 is 16.0 Å². The quantitative estimate of drug-likeness (QED) is 0.168. The lowest BCUT2D eigenvalue weighted by atomic mass is 10.2. The molecule has 7 heteroatoms. The third kappa shape index (κ3) is 11.3. The normalized spacial score (nSPS) is 12.3. The third-order valence-electron chi connectivity index (χ3n) is 3.17. The molecule has 0 saturated carbocycles. The number of rotatable bonds is 9. The van der Waals surface area contributed by atoms with Crippen LogP contribution >= 0.6 is 35.7 Å². The molecular formula is C18H31IN4OS. The molecule has 142 valence electrons. The largest absolute Gasteiger partial charge is 0.357 e. The van der Waals surface area contributed by atoms with Gasteiger partial charge in [0.15, 0.2) is 5.96 Å². The van der Waals surface area contributed by atoms with Gasteiger partial charge in [0.1, 0.15) is 0 Å². The average molecular weight is 478 g/mol. The zero-order valence-electron chi connectivity index (χ0n) is 15.5. The van der Waals surface area contributed by atoms with E-state index in [0.29, 0.717) is 18.3 Å². The van der Waals surface area contributed by atoms with Gasteiger partial charge < -0.3 is 16.0 Å². The van der Waals surface area contributed by atoms with Gasteiger partial charge in [-0.15, -0.1) is 35.7 Å². The molecule has 3 N–H and O–H groups in total. The molecule has 1 rings (SSSR count). The third-order valence-corrected chi connectivity index (χ3v) is 4.27. The minimum Gasteiger partial charge on any atom is -0.357 e. The molecule has 1 atom stereocenters. The summed E-state index contributed by atoms with van der Waals surface area (Å²) < 4.78 is 0. The molecule has 5 nitrogen and oxygen atoms in total. The first-order valence-corrected chi connectivity index (χ1v) is 9.42. The van der Waals surface area contributed by atoms with Gasteiger partial charge in [0.2, 0.25) is 5.91 Å². The lowest BCUT2D eigenvalue weighted by molar-refractivity contribution is -0.123. The van der Waals surface area contributed by atoms with E-state index < -0.39 is 0 Å². The van der Waals surface area contributed by atoms with Crippen molar-refractivity contribution in [2.75, 3.05) is 26.2 Å². The Morgan fingerprint density at radius 3 is 2.32 bits per heavy atom. The first-order valence-electron chi connectivity index (χ1n) is 8.54. The predicted octanol–water partition coefficient (Wildman–Crippen LogP) is 3.11. The molecule has 0 aliphatic carbocycles. The molecule has 0 fully saturated rings. The van der Waals surface area contributed by atoms with Crippen molar-refractivity contribution in [2.45, 2.75) is 37.8 Å². The standard InChI is InChI=1S/C18H30N4OS.HI/c1-5-19-18(21-12-11-20-17(23)14(2)3)22-13-15(4)24-16-9-7-6-8-10-16;/h6-10,14-15H,5,11-13H2,1-4H3,(H,20,23)(H2,19,21,22);1H. The summed E-state index contributed by atoms with van der Waals surface area (Å²) >= 11 is 1.82. The van der Waals surface area contributed by atoms with Gasteiger partial charge in [0, 0.05) is 35.7 Å². The van der Waals surface area contributed by atoms with Crippen LogP contribution in [0.5, 0.6) is 0 Å². The molecule has 0 bridgehead atoms. The summed E-state index contributed by atoms with van der Waals surface area (Å²) in [7, 11) is 0. The van der Waals surface area contributed by atoms with Crippen molar-refractivity contribution in [3.05, 3.63) is 30.3 Å². The van der Waals surface area contributed by atoms with Gasteiger partial charge in [-0.1, -0.05) is 39.0 Å². The Morgan fingerprint density at radius 1 is 1.08 bits per heavy atom. The topological polar surface area (TPSA) is 65.5 Å². The number of halogens is 1. The van der Waals surface area contributed by atoms with Crippen molar-refractivity contribution < 1.29 is 4.79 Å². The summed E-state index contributed by atoms with van der Waals surface area (Å²) in [4.78, 5) is 17.4. The molecule has 0 radical (unpaired) electrons. The monoisotopic (exact) mass is 478 g/mol. The van der Waals surface area contributed by atoms with Gasteiger partial charge >= 0.3 is 0 Å². The van der Waals surface area contributed by atoms with E-state index in [4.69, 9.17) is 0 Å². The van der Waals surface area contributed by atoms with E-state index in [-0.39, 0.29) is 35.8 Å². The summed E-state index contributed by atoms with van der Waals surface area (Å²) in [5.41, 5.74) is 0. The van der Waals surface area contributed by atoms with Crippen LogP contribution in [0.2, 0.25) is 0 Å². The first-order chi connectivity index (χ1) is 11.5. The maximum absolute atomic E-state index is 11.5. The van der Waals surface area contributed by atoms with E-state index in [0.717, 1.165) is 19.0 Å². The van der Waals surface area contributed by atoms with Gasteiger partial charge in [-0.05, 0) is 19.1 Å². The van der Waals surface area contributed by atoms with Gasteiger partial charge in [-0.25, -0.2) is 0 Å². The molecule has 1 amide bonds. The Hall–Kier alpha value is -0.960. The zero-order chi connectivity index (χ0) is 17.8. The van der Waals surface area contributed by atoms with Crippen LogP contribution in [-0.4, -0.2) is 43.3 Å². The molecule has 25 heavy (non-hydrogen) atoms. The highest BCUT2D eigenvalue weighted by atomic mass is 127. The van der Waals surface area contributed by atoms with Crippen LogP contribution in [0.3, 0.4) is 0 Å². The minimum atomic E-state index is 0. The van der Waals surface area contributed by atoms with E-state index in [1.54, 1.807) is 0 Å². The SMILES string of the molecule is CCNC(=NCC(C)Sc1ccccc1)NCCNC(=O)C(C)C.I.